The highest BCUT2D eigenvalue weighted by Crippen LogP contribution is 1.91. The standard InChI is InChI=1S/C10H14N2O3/c13-5-6-15-8-10(14)12-7-9-3-1-2-4-11-9/h1-4,13H,5-8H2,(H,12,14). The molecule has 5 heteroatoms. The van der Waals surface area contributed by atoms with Gasteiger partial charge in [0.05, 0.1) is 25.5 Å². The van der Waals surface area contributed by atoms with Gasteiger partial charge < -0.3 is 15.2 Å². The van der Waals surface area contributed by atoms with Crippen molar-refractivity contribution in [3.8, 4) is 0 Å². The predicted octanol–water partition coefficient (Wildman–Crippen LogP) is -0.293. The van der Waals surface area contributed by atoms with Crippen LogP contribution < -0.4 is 5.32 Å². The number of amides is 1. The number of pyridine rings is 1. The fourth-order valence-corrected chi connectivity index (χ4v) is 0.972. The van der Waals surface area contributed by atoms with Gasteiger partial charge in [0.15, 0.2) is 0 Å². The molecule has 0 aliphatic carbocycles. The van der Waals surface area contributed by atoms with Crippen molar-refractivity contribution in [2.75, 3.05) is 19.8 Å². The van der Waals surface area contributed by atoms with Gasteiger partial charge in [0, 0.05) is 6.20 Å². The Kier molecular flexibility index (Phi) is 5.35. The predicted molar refractivity (Wildman–Crippen MR) is 54.0 cm³/mol. The molecule has 1 heterocycles. The van der Waals surface area contributed by atoms with Gasteiger partial charge in [-0.25, -0.2) is 0 Å². The maximum absolute atomic E-state index is 11.1. The summed E-state index contributed by atoms with van der Waals surface area (Å²) in [5.41, 5.74) is 0.799. The zero-order chi connectivity index (χ0) is 10.9. The third kappa shape index (κ3) is 5.09. The molecule has 0 radical (unpaired) electrons. The molecule has 0 atom stereocenters. The zero-order valence-electron chi connectivity index (χ0n) is 8.35. The van der Waals surface area contributed by atoms with E-state index in [4.69, 9.17) is 9.84 Å². The van der Waals surface area contributed by atoms with E-state index in [0.29, 0.717) is 6.54 Å². The maximum atomic E-state index is 11.1. The van der Waals surface area contributed by atoms with Crippen LogP contribution in [0.2, 0.25) is 0 Å². The minimum atomic E-state index is -0.214. The van der Waals surface area contributed by atoms with Crippen molar-refractivity contribution in [1.29, 1.82) is 0 Å². The average Bonchev–Trinajstić information content (AvgIpc) is 2.28. The van der Waals surface area contributed by atoms with Crippen LogP contribution in [-0.2, 0) is 16.1 Å². The van der Waals surface area contributed by atoms with Gasteiger partial charge in [-0.05, 0) is 12.1 Å². The third-order valence-electron chi connectivity index (χ3n) is 1.66. The summed E-state index contributed by atoms with van der Waals surface area (Å²) >= 11 is 0. The first-order chi connectivity index (χ1) is 7.33. The first kappa shape index (κ1) is 11.6. The minimum Gasteiger partial charge on any atom is -0.394 e. The molecule has 0 saturated carbocycles. The molecule has 2 N–H and O–H groups in total. The average molecular weight is 210 g/mol. The lowest BCUT2D eigenvalue weighted by Gasteiger charge is -2.04. The number of nitrogens with zero attached hydrogens (tertiary/aromatic N) is 1. The highest BCUT2D eigenvalue weighted by molar-refractivity contribution is 5.77. The van der Waals surface area contributed by atoms with Gasteiger partial charge in [-0.15, -0.1) is 0 Å². The normalized spacial score (nSPS) is 9.93. The van der Waals surface area contributed by atoms with Gasteiger partial charge in [0.25, 0.3) is 0 Å². The van der Waals surface area contributed by atoms with E-state index in [1.165, 1.54) is 0 Å². The van der Waals surface area contributed by atoms with Crippen molar-refractivity contribution in [3.63, 3.8) is 0 Å². The molecule has 1 aromatic rings. The van der Waals surface area contributed by atoms with Crippen LogP contribution in [0.4, 0.5) is 0 Å². The first-order valence-corrected chi connectivity index (χ1v) is 4.68. The summed E-state index contributed by atoms with van der Waals surface area (Å²) in [7, 11) is 0. The molecule has 15 heavy (non-hydrogen) atoms. The summed E-state index contributed by atoms with van der Waals surface area (Å²) in [4.78, 5) is 15.2. The van der Waals surface area contributed by atoms with Crippen molar-refractivity contribution in [2.45, 2.75) is 6.54 Å². The smallest absolute Gasteiger partial charge is 0.246 e. The molecule has 0 saturated heterocycles. The molecular formula is C10H14N2O3. The van der Waals surface area contributed by atoms with E-state index in [1.54, 1.807) is 6.20 Å². The lowest BCUT2D eigenvalue weighted by Crippen LogP contribution is -2.27. The Morgan fingerprint density at radius 1 is 1.53 bits per heavy atom. The Morgan fingerprint density at radius 2 is 2.40 bits per heavy atom. The van der Waals surface area contributed by atoms with E-state index in [2.05, 4.69) is 10.3 Å². The van der Waals surface area contributed by atoms with Gasteiger partial charge in [-0.2, -0.15) is 0 Å². The van der Waals surface area contributed by atoms with E-state index in [1.807, 2.05) is 18.2 Å². The second-order valence-corrected chi connectivity index (χ2v) is 2.87. The molecule has 0 aliphatic heterocycles. The minimum absolute atomic E-state index is 0.0343. The topological polar surface area (TPSA) is 71.5 Å². The number of aliphatic hydroxyl groups is 1. The van der Waals surface area contributed by atoms with Crippen LogP contribution in [0.25, 0.3) is 0 Å². The van der Waals surface area contributed by atoms with Crippen LogP contribution in [0.1, 0.15) is 5.69 Å². The van der Waals surface area contributed by atoms with Crippen LogP contribution in [0.3, 0.4) is 0 Å². The number of hydrogen-bond acceptors (Lipinski definition) is 4. The molecule has 0 aliphatic rings. The number of carbonyl (C=O) groups excluding carboxylic acids is 1. The Balaban J connectivity index is 2.17. The Bertz CT molecular complexity index is 290. The fraction of sp³-hybridized carbons (Fsp3) is 0.400. The van der Waals surface area contributed by atoms with Crippen LogP contribution in [0, 0.1) is 0 Å². The van der Waals surface area contributed by atoms with Crippen molar-refractivity contribution in [3.05, 3.63) is 30.1 Å². The van der Waals surface area contributed by atoms with E-state index >= 15 is 0 Å². The molecule has 0 spiro atoms. The molecule has 1 aromatic heterocycles. The molecular weight excluding hydrogens is 196 g/mol. The van der Waals surface area contributed by atoms with Crippen molar-refractivity contribution >= 4 is 5.91 Å². The number of carbonyl (C=O) groups is 1. The molecule has 0 aromatic carbocycles. The van der Waals surface area contributed by atoms with Gasteiger partial charge in [0.1, 0.15) is 6.61 Å². The molecule has 82 valence electrons. The molecule has 0 bridgehead atoms. The number of aromatic nitrogens is 1. The summed E-state index contributed by atoms with van der Waals surface area (Å²) in [6.45, 7) is 0.458. The Labute approximate surface area is 88.1 Å². The number of ether oxygens (including phenoxy) is 1. The second-order valence-electron chi connectivity index (χ2n) is 2.87. The number of hydrogen-bond donors (Lipinski definition) is 2. The highest BCUT2D eigenvalue weighted by atomic mass is 16.5. The van der Waals surface area contributed by atoms with E-state index in [9.17, 15) is 4.79 Å². The van der Waals surface area contributed by atoms with Gasteiger partial charge in [-0.3, -0.25) is 9.78 Å². The number of aliphatic hydroxyl groups excluding tert-OH is 1. The zero-order valence-corrected chi connectivity index (χ0v) is 8.35. The van der Waals surface area contributed by atoms with E-state index < -0.39 is 0 Å². The molecule has 1 rings (SSSR count). The van der Waals surface area contributed by atoms with Gasteiger partial charge in [0.2, 0.25) is 5.91 Å². The molecule has 0 unspecified atom stereocenters. The molecule has 1 amide bonds. The van der Waals surface area contributed by atoms with Crippen LogP contribution in [0.15, 0.2) is 24.4 Å². The lowest BCUT2D eigenvalue weighted by molar-refractivity contribution is -0.126. The van der Waals surface area contributed by atoms with E-state index in [-0.39, 0.29) is 25.7 Å². The summed E-state index contributed by atoms with van der Waals surface area (Å²) in [5.74, 6) is -0.214. The third-order valence-corrected chi connectivity index (χ3v) is 1.66. The van der Waals surface area contributed by atoms with Gasteiger partial charge >= 0.3 is 0 Å². The lowest BCUT2D eigenvalue weighted by atomic mass is 10.3. The molecule has 5 nitrogen and oxygen atoms in total. The largest absolute Gasteiger partial charge is 0.394 e. The monoisotopic (exact) mass is 210 g/mol. The molecule has 0 fully saturated rings. The summed E-state index contributed by atoms with van der Waals surface area (Å²) < 4.78 is 4.85. The van der Waals surface area contributed by atoms with Crippen LogP contribution in [-0.4, -0.2) is 35.8 Å². The Morgan fingerprint density at radius 3 is 3.07 bits per heavy atom. The first-order valence-electron chi connectivity index (χ1n) is 4.68. The number of nitrogens with one attached hydrogen (secondary N) is 1. The summed E-state index contributed by atoms with van der Waals surface area (Å²) in [5, 5.41) is 11.1. The summed E-state index contributed by atoms with van der Waals surface area (Å²) in [6.07, 6.45) is 1.67. The Hall–Kier alpha value is -1.46. The quantitative estimate of drug-likeness (QED) is 0.633. The van der Waals surface area contributed by atoms with Crippen molar-refractivity contribution in [2.24, 2.45) is 0 Å². The van der Waals surface area contributed by atoms with Gasteiger partial charge in [-0.1, -0.05) is 6.07 Å². The second kappa shape index (κ2) is 6.92. The van der Waals surface area contributed by atoms with Crippen molar-refractivity contribution < 1.29 is 14.6 Å². The fourth-order valence-electron chi connectivity index (χ4n) is 0.972. The maximum Gasteiger partial charge on any atom is 0.246 e. The summed E-state index contributed by atoms with van der Waals surface area (Å²) in [6, 6.07) is 5.50. The van der Waals surface area contributed by atoms with Crippen molar-refractivity contribution in [1.82, 2.24) is 10.3 Å². The number of rotatable bonds is 6. The SMILES string of the molecule is O=C(COCCO)NCc1ccccn1. The highest BCUT2D eigenvalue weighted by Gasteiger charge is 2.00. The van der Waals surface area contributed by atoms with E-state index in [0.717, 1.165) is 5.69 Å². The van der Waals surface area contributed by atoms with Crippen LogP contribution in [0.5, 0.6) is 0 Å². The van der Waals surface area contributed by atoms with Crippen LogP contribution >= 0.6 is 0 Å².